The third kappa shape index (κ3) is 7.09. The van der Waals surface area contributed by atoms with Crippen LogP contribution in [0.5, 0.6) is 5.75 Å². The number of hydrogen-bond donors (Lipinski definition) is 2. The van der Waals surface area contributed by atoms with Gasteiger partial charge in [0.25, 0.3) is 0 Å². The van der Waals surface area contributed by atoms with Gasteiger partial charge in [-0.3, -0.25) is 9.79 Å². The van der Waals surface area contributed by atoms with E-state index in [2.05, 4.69) is 21.7 Å². The van der Waals surface area contributed by atoms with Crippen LogP contribution in [0, 0.1) is 6.92 Å². The summed E-state index contributed by atoms with van der Waals surface area (Å²) in [5.41, 5.74) is 4.39. The third-order valence-corrected chi connectivity index (χ3v) is 5.26. The molecule has 0 atom stereocenters. The van der Waals surface area contributed by atoms with E-state index in [1.165, 1.54) is 5.56 Å². The molecule has 0 aliphatic carbocycles. The molecular formula is C24H33IN4O3. The van der Waals surface area contributed by atoms with E-state index in [-0.39, 0.29) is 36.4 Å². The Bertz CT molecular complexity index is 920. The molecule has 0 spiro atoms. The number of fused-ring (bicyclic) bond motifs is 1. The van der Waals surface area contributed by atoms with E-state index in [0.29, 0.717) is 25.7 Å². The molecule has 0 bridgehead atoms. The van der Waals surface area contributed by atoms with Crippen molar-refractivity contribution in [3.8, 4) is 5.75 Å². The molecule has 0 aromatic heterocycles. The second kappa shape index (κ2) is 13.3. The van der Waals surface area contributed by atoms with Crippen LogP contribution >= 0.6 is 24.0 Å². The Morgan fingerprint density at radius 1 is 1.16 bits per heavy atom. The van der Waals surface area contributed by atoms with Crippen molar-refractivity contribution in [1.29, 1.82) is 0 Å². The van der Waals surface area contributed by atoms with E-state index in [0.717, 1.165) is 42.0 Å². The molecule has 1 amide bonds. The summed E-state index contributed by atoms with van der Waals surface area (Å²) in [5.74, 6) is 1.43. The fourth-order valence-electron chi connectivity index (χ4n) is 3.62. The smallest absolute Gasteiger partial charge is 0.246 e. The number of aryl methyl sites for hydroxylation is 2. The van der Waals surface area contributed by atoms with Gasteiger partial charge >= 0.3 is 0 Å². The van der Waals surface area contributed by atoms with Gasteiger partial charge < -0.3 is 25.0 Å². The van der Waals surface area contributed by atoms with Gasteiger partial charge in [0.05, 0.1) is 13.2 Å². The molecule has 2 aromatic rings. The molecule has 1 heterocycles. The fraction of sp³-hybridized carbons (Fsp3) is 0.417. The number of nitrogens with one attached hydrogen (secondary N) is 2. The van der Waals surface area contributed by atoms with E-state index in [9.17, 15) is 4.79 Å². The molecule has 0 fully saturated rings. The van der Waals surface area contributed by atoms with Crippen LogP contribution in [-0.2, 0) is 22.5 Å². The summed E-state index contributed by atoms with van der Waals surface area (Å²) in [6.45, 7) is 4.51. The SMILES string of the molecule is CN=C(NCC(=O)N1CCCc2ccccc21)NCc1ccc(C)cc1OCCOC.I. The van der Waals surface area contributed by atoms with Crippen molar-refractivity contribution >= 4 is 41.5 Å². The molecule has 8 heteroatoms. The molecule has 3 rings (SSSR count). The second-order valence-corrected chi connectivity index (χ2v) is 7.51. The highest BCUT2D eigenvalue weighted by Gasteiger charge is 2.22. The number of carbonyl (C=O) groups excluding carboxylic acids is 1. The van der Waals surface area contributed by atoms with Crippen LogP contribution in [0.2, 0.25) is 0 Å². The molecular weight excluding hydrogens is 519 g/mol. The maximum atomic E-state index is 12.8. The minimum absolute atomic E-state index is 0. The first-order valence-corrected chi connectivity index (χ1v) is 10.7. The number of hydrogen-bond acceptors (Lipinski definition) is 4. The Balaban J connectivity index is 0.00000363. The summed E-state index contributed by atoms with van der Waals surface area (Å²) < 4.78 is 10.9. The Kier molecular flexibility index (Phi) is 10.8. The first-order chi connectivity index (χ1) is 15.1. The highest BCUT2D eigenvalue weighted by Crippen LogP contribution is 2.26. The number of methoxy groups -OCH3 is 1. The predicted octanol–water partition coefficient (Wildman–Crippen LogP) is 3.28. The van der Waals surface area contributed by atoms with Gasteiger partial charge in [-0.1, -0.05) is 30.3 Å². The molecule has 0 unspecified atom stereocenters. The number of anilines is 1. The maximum absolute atomic E-state index is 12.8. The Labute approximate surface area is 207 Å². The van der Waals surface area contributed by atoms with Gasteiger partial charge in [-0.05, 0) is 43.0 Å². The monoisotopic (exact) mass is 552 g/mol. The quantitative estimate of drug-likeness (QED) is 0.228. The molecule has 2 aromatic carbocycles. The number of benzene rings is 2. The molecule has 2 N–H and O–H groups in total. The molecule has 1 aliphatic heterocycles. The van der Waals surface area contributed by atoms with Crippen molar-refractivity contribution in [3.05, 3.63) is 59.2 Å². The lowest BCUT2D eigenvalue weighted by molar-refractivity contribution is -0.117. The zero-order valence-corrected chi connectivity index (χ0v) is 21.3. The Morgan fingerprint density at radius 2 is 1.97 bits per heavy atom. The molecule has 32 heavy (non-hydrogen) atoms. The van der Waals surface area contributed by atoms with Crippen molar-refractivity contribution in [2.24, 2.45) is 4.99 Å². The molecule has 0 saturated heterocycles. The lowest BCUT2D eigenvalue weighted by atomic mass is 10.0. The minimum atomic E-state index is 0. The normalized spacial score (nSPS) is 13.1. The lowest BCUT2D eigenvalue weighted by Crippen LogP contribution is -2.45. The third-order valence-electron chi connectivity index (χ3n) is 5.26. The number of para-hydroxylation sites is 1. The highest BCUT2D eigenvalue weighted by atomic mass is 127. The first-order valence-electron chi connectivity index (χ1n) is 10.7. The summed E-state index contributed by atoms with van der Waals surface area (Å²) >= 11 is 0. The van der Waals surface area contributed by atoms with Gasteiger partial charge in [0.1, 0.15) is 12.4 Å². The van der Waals surface area contributed by atoms with E-state index in [1.54, 1.807) is 14.2 Å². The van der Waals surface area contributed by atoms with E-state index in [1.807, 2.05) is 48.2 Å². The van der Waals surface area contributed by atoms with Crippen molar-refractivity contribution in [2.75, 3.05) is 45.4 Å². The highest BCUT2D eigenvalue weighted by molar-refractivity contribution is 14.0. The number of guanidine groups is 1. The number of nitrogens with zero attached hydrogens (tertiary/aromatic N) is 2. The molecule has 0 saturated carbocycles. The van der Waals surface area contributed by atoms with E-state index >= 15 is 0 Å². The topological polar surface area (TPSA) is 75.2 Å². The van der Waals surface area contributed by atoms with Crippen molar-refractivity contribution in [3.63, 3.8) is 0 Å². The average molecular weight is 552 g/mol. The van der Waals surface area contributed by atoms with Crippen LogP contribution in [0.4, 0.5) is 5.69 Å². The molecule has 0 radical (unpaired) electrons. The summed E-state index contributed by atoms with van der Waals surface area (Å²) in [4.78, 5) is 19.0. The van der Waals surface area contributed by atoms with Crippen LogP contribution in [0.3, 0.4) is 0 Å². The van der Waals surface area contributed by atoms with Crippen molar-refractivity contribution in [2.45, 2.75) is 26.3 Å². The van der Waals surface area contributed by atoms with Crippen LogP contribution in [-0.4, -0.2) is 52.3 Å². The number of carbonyl (C=O) groups is 1. The maximum Gasteiger partial charge on any atom is 0.246 e. The van der Waals surface area contributed by atoms with Gasteiger partial charge in [-0.15, -0.1) is 24.0 Å². The fourth-order valence-corrected chi connectivity index (χ4v) is 3.62. The minimum Gasteiger partial charge on any atom is -0.491 e. The summed E-state index contributed by atoms with van der Waals surface area (Å²) in [7, 11) is 3.35. The largest absolute Gasteiger partial charge is 0.491 e. The van der Waals surface area contributed by atoms with Crippen molar-refractivity contribution < 1.29 is 14.3 Å². The standard InChI is InChI=1S/C24H32N4O3.HI/c1-18-10-11-20(22(15-18)31-14-13-30-3)16-26-24(25-2)27-17-23(29)28-12-6-8-19-7-4-5-9-21(19)28;/h4-5,7,9-11,15H,6,8,12-14,16-17H2,1-3H3,(H2,25,26,27);1H. The molecule has 174 valence electrons. The van der Waals surface area contributed by atoms with Gasteiger partial charge in [0.2, 0.25) is 5.91 Å². The van der Waals surface area contributed by atoms with Crippen LogP contribution in [0.1, 0.15) is 23.1 Å². The number of aliphatic imine (C=N–C) groups is 1. The lowest BCUT2D eigenvalue weighted by Gasteiger charge is -2.29. The zero-order chi connectivity index (χ0) is 22.1. The van der Waals surface area contributed by atoms with Crippen molar-refractivity contribution in [1.82, 2.24) is 10.6 Å². The van der Waals surface area contributed by atoms with Gasteiger partial charge in [-0.25, -0.2) is 0 Å². The van der Waals surface area contributed by atoms with Gasteiger partial charge in [-0.2, -0.15) is 0 Å². The second-order valence-electron chi connectivity index (χ2n) is 7.51. The Morgan fingerprint density at radius 3 is 2.75 bits per heavy atom. The van der Waals surface area contributed by atoms with Crippen LogP contribution in [0.15, 0.2) is 47.5 Å². The van der Waals surface area contributed by atoms with Crippen LogP contribution in [0.25, 0.3) is 0 Å². The Hall–Kier alpha value is -2.33. The number of halogens is 1. The van der Waals surface area contributed by atoms with Gasteiger partial charge in [0, 0.05) is 38.5 Å². The summed E-state index contributed by atoms with van der Waals surface area (Å²) in [5, 5.41) is 6.41. The number of ether oxygens (including phenoxy) is 2. The van der Waals surface area contributed by atoms with E-state index < -0.39 is 0 Å². The first kappa shape index (κ1) is 25.9. The molecule has 1 aliphatic rings. The summed E-state index contributed by atoms with van der Waals surface area (Å²) in [6, 6.07) is 14.2. The molecule has 7 nitrogen and oxygen atoms in total. The zero-order valence-electron chi connectivity index (χ0n) is 19.0. The summed E-state index contributed by atoms with van der Waals surface area (Å²) in [6.07, 6.45) is 2.00. The number of rotatable bonds is 8. The van der Waals surface area contributed by atoms with Crippen LogP contribution < -0.4 is 20.3 Å². The number of amides is 1. The average Bonchev–Trinajstić information content (AvgIpc) is 2.79. The van der Waals surface area contributed by atoms with Gasteiger partial charge in [0.15, 0.2) is 5.96 Å². The van der Waals surface area contributed by atoms with E-state index in [4.69, 9.17) is 9.47 Å². The predicted molar refractivity (Wildman–Crippen MR) is 139 cm³/mol.